The van der Waals surface area contributed by atoms with Crippen molar-refractivity contribution in [2.75, 3.05) is 0 Å². The molecular formula is HNOS2. The molecule has 0 saturated carbocycles. The Kier molecular flexibility index (Phi) is 3.30. The fourth-order valence-electron chi connectivity index (χ4n) is 0. The lowest BCUT2D eigenvalue weighted by Gasteiger charge is -1.34. The van der Waals surface area contributed by atoms with Crippen LogP contribution in [0.15, 0.2) is 3.77 Å². The van der Waals surface area contributed by atoms with Crippen LogP contribution in [0.4, 0.5) is 0 Å². The average Bonchev–Trinajstić information content (AvgIpc) is 1.37. The molecule has 0 aromatic rings. The van der Waals surface area contributed by atoms with Crippen molar-refractivity contribution in [3.8, 4) is 0 Å². The van der Waals surface area contributed by atoms with Crippen LogP contribution in [0, 0.1) is 0 Å². The normalized spacial score (nSPS) is 5.25. The summed E-state index contributed by atoms with van der Waals surface area (Å²) in [5.74, 6) is 0. The van der Waals surface area contributed by atoms with Gasteiger partial charge in [-0.3, -0.25) is 0 Å². The van der Waals surface area contributed by atoms with E-state index in [0.717, 1.165) is 0 Å². The van der Waals surface area contributed by atoms with Crippen molar-refractivity contribution < 1.29 is 4.21 Å². The predicted molar refractivity (Wildman–Crippen MR) is 19.6 cm³/mol. The van der Waals surface area contributed by atoms with E-state index >= 15 is 0 Å². The van der Waals surface area contributed by atoms with Gasteiger partial charge in [0.2, 0.25) is 11.5 Å². The molecule has 0 heterocycles. The zero-order chi connectivity index (χ0) is 3.41. The quantitative estimate of drug-likeness (QED) is 0.429. The van der Waals surface area contributed by atoms with E-state index in [1.54, 1.807) is 0 Å². The molecule has 0 unspecified atom stereocenters. The summed E-state index contributed by atoms with van der Waals surface area (Å²) in [5, 5.41) is 0. The molecule has 24 valence electrons. The molecule has 0 fully saturated rings. The van der Waals surface area contributed by atoms with Crippen LogP contribution in [-0.2, 0) is 11.5 Å². The summed E-state index contributed by atoms with van der Waals surface area (Å²) in [7, 11) is 0. The van der Waals surface area contributed by atoms with Crippen LogP contribution in [-0.4, -0.2) is 4.21 Å². The third-order valence-electron chi connectivity index (χ3n) is 0.0333. The molecule has 0 N–H and O–H groups in total. The molecule has 0 aliphatic heterocycles. The van der Waals surface area contributed by atoms with Crippen LogP contribution >= 0.6 is 12.8 Å². The van der Waals surface area contributed by atoms with E-state index in [0.29, 0.717) is 0 Å². The van der Waals surface area contributed by atoms with Gasteiger partial charge in [-0.1, -0.05) is 0 Å². The van der Waals surface area contributed by atoms with Gasteiger partial charge in [-0.05, 0) is 12.8 Å². The van der Waals surface area contributed by atoms with Crippen molar-refractivity contribution in [1.29, 1.82) is 0 Å². The topological polar surface area (TPSA) is 29.4 Å². The highest BCUT2D eigenvalue weighted by Crippen LogP contribution is 1.60. The smallest absolute Gasteiger partial charge is 0.190 e. The van der Waals surface area contributed by atoms with E-state index in [4.69, 9.17) is 4.21 Å². The van der Waals surface area contributed by atoms with Gasteiger partial charge in [0.15, 0.2) is 0 Å². The van der Waals surface area contributed by atoms with E-state index < -0.39 is 0 Å². The summed E-state index contributed by atoms with van der Waals surface area (Å²) in [5.41, 5.74) is 0. The van der Waals surface area contributed by atoms with Gasteiger partial charge in [-0.15, -0.1) is 3.77 Å². The van der Waals surface area contributed by atoms with Crippen LogP contribution in [0.25, 0.3) is 0 Å². The first-order chi connectivity index (χ1) is 1.91. The molecule has 4 heavy (non-hydrogen) atoms. The molecule has 0 bridgehead atoms. The lowest BCUT2D eigenvalue weighted by atomic mass is 13.9. The Morgan fingerprint density at radius 2 is 2.25 bits per heavy atom. The molecular weight excluding hydrogens is 94.1 g/mol. The minimum absolute atomic E-state index is 0.0957. The molecule has 0 saturated heterocycles. The van der Waals surface area contributed by atoms with Crippen molar-refractivity contribution in [3.05, 3.63) is 0 Å². The Bertz CT molecular complexity index is 44.0. The van der Waals surface area contributed by atoms with Crippen molar-refractivity contribution in [1.82, 2.24) is 0 Å². The van der Waals surface area contributed by atoms with Gasteiger partial charge in [0.05, 0.1) is 0 Å². The number of hydrogen-bond acceptors (Lipinski definition) is 2. The van der Waals surface area contributed by atoms with Crippen LogP contribution in [0.1, 0.15) is 0 Å². The number of hydrogen-bond donors (Lipinski definition) is 1. The first-order valence-electron chi connectivity index (χ1n) is 0.549. The third-order valence-corrected chi connectivity index (χ3v) is 0.300. The molecule has 0 aromatic heterocycles. The van der Waals surface area contributed by atoms with Crippen molar-refractivity contribution in [2.24, 2.45) is 3.77 Å². The zero-order valence-electron chi connectivity index (χ0n) is 1.71. The van der Waals surface area contributed by atoms with Crippen molar-refractivity contribution in [3.63, 3.8) is 0 Å². The molecule has 0 atom stereocenters. The van der Waals surface area contributed by atoms with Gasteiger partial charge in [0.25, 0.3) is 0 Å². The lowest BCUT2D eigenvalue weighted by molar-refractivity contribution is 0.699. The summed E-state index contributed by atoms with van der Waals surface area (Å²) in [6.45, 7) is 0. The Balaban J connectivity index is 3.11. The molecule has 0 spiro atoms. The van der Waals surface area contributed by atoms with E-state index in [2.05, 4.69) is 16.6 Å². The van der Waals surface area contributed by atoms with Gasteiger partial charge >= 0.3 is 0 Å². The maximum atomic E-state index is 8.97. The van der Waals surface area contributed by atoms with Gasteiger partial charge < -0.3 is 0 Å². The van der Waals surface area contributed by atoms with Crippen LogP contribution in [0.3, 0.4) is 0 Å². The van der Waals surface area contributed by atoms with E-state index in [-0.39, 0.29) is 11.5 Å². The first-order valence-corrected chi connectivity index (χ1v) is 1.65. The van der Waals surface area contributed by atoms with Crippen molar-refractivity contribution >= 4 is 24.3 Å². The standard InChI is InChI=1S/HNOS2/c2-4-1-3/h3H. The van der Waals surface area contributed by atoms with Gasteiger partial charge in [0.1, 0.15) is 0 Å². The highest BCUT2D eigenvalue weighted by atomic mass is 32.2. The monoisotopic (exact) mass is 94.9 g/mol. The third kappa shape index (κ3) is 2.17. The molecule has 0 amide bonds. The highest BCUT2D eigenvalue weighted by Gasteiger charge is 1.30. The fourth-order valence-corrected chi connectivity index (χ4v) is 0. The maximum absolute atomic E-state index is 8.97. The molecule has 0 aromatic carbocycles. The molecule has 4 heteroatoms. The zero-order valence-corrected chi connectivity index (χ0v) is 3.42. The lowest BCUT2D eigenvalue weighted by Crippen LogP contribution is -1.19. The second-order valence-corrected chi connectivity index (χ2v) is 0.958. The number of nitrogens with zero attached hydrogens (tertiary/aromatic N) is 1. The minimum atomic E-state index is 0.0957. The summed E-state index contributed by atoms with van der Waals surface area (Å²) < 4.78 is 11.8. The van der Waals surface area contributed by atoms with E-state index in [1.807, 2.05) is 0 Å². The molecule has 0 rings (SSSR count). The van der Waals surface area contributed by atoms with E-state index in [1.165, 1.54) is 0 Å². The second kappa shape index (κ2) is 3.17. The summed E-state index contributed by atoms with van der Waals surface area (Å²) in [6.07, 6.45) is 0. The Labute approximate surface area is 33.0 Å². The fraction of sp³-hybridized carbons (Fsp3) is 0. The SMILES string of the molecule is O=S=NS. The van der Waals surface area contributed by atoms with Crippen molar-refractivity contribution in [2.45, 2.75) is 0 Å². The van der Waals surface area contributed by atoms with Gasteiger partial charge in [-0.2, -0.15) is 4.21 Å². The Morgan fingerprint density at radius 3 is 2.25 bits per heavy atom. The summed E-state index contributed by atoms with van der Waals surface area (Å²) >= 11 is 3.29. The van der Waals surface area contributed by atoms with Crippen LogP contribution in [0.2, 0.25) is 0 Å². The van der Waals surface area contributed by atoms with Gasteiger partial charge in [0, 0.05) is 0 Å². The largest absolute Gasteiger partial charge is 0.211 e. The second-order valence-electron chi connectivity index (χ2n) is 0.156. The molecule has 0 aliphatic rings. The highest BCUT2D eigenvalue weighted by molar-refractivity contribution is 7.83. The summed E-state index contributed by atoms with van der Waals surface area (Å²) in [4.78, 5) is 0. The van der Waals surface area contributed by atoms with E-state index in [9.17, 15) is 0 Å². The molecule has 0 aliphatic carbocycles. The molecule has 2 nitrogen and oxygen atoms in total. The van der Waals surface area contributed by atoms with Gasteiger partial charge in [-0.25, -0.2) is 0 Å². The molecule has 0 radical (unpaired) electrons. The maximum Gasteiger partial charge on any atom is 0.211 e. The Hall–Kier alpha value is 0.170. The van der Waals surface area contributed by atoms with Crippen LogP contribution in [0.5, 0.6) is 0 Å². The summed E-state index contributed by atoms with van der Waals surface area (Å²) in [6, 6.07) is 0. The number of thiol groups is 1. The predicted octanol–water partition coefficient (Wildman–Crippen LogP) is 0.228. The average molecular weight is 95.1 g/mol. The number of rotatable bonds is 0. The van der Waals surface area contributed by atoms with Crippen LogP contribution < -0.4 is 0 Å². The first kappa shape index (κ1) is 4.17. The minimum Gasteiger partial charge on any atom is -0.190 e. The Morgan fingerprint density at radius 1 is 2.00 bits per heavy atom.